The molecule has 0 aromatic heterocycles. The maximum atomic E-state index is 11.7. The fourth-order valence-corrected chi connectivity index (χ4v) is 1.58. The second-order valence-corrected chi connectivity index (χ2v) is 3.52. The Morgan fingerprint density at radius 1 is 1.56 bits per heavy atom. The topological polar surface area (TPSA) is 58.6 Å². The Hall–Kier alpha value is -1.55. The lowest BCUT2D eigenvalue weighted by molar-refractivity contribution is -0.140. The number of likely N-dealkylation sites (N-methyl/N-ethyl adjacent to an activating group) is 1. The molecule has 1 aromatic carbocycles. The second-order valence-electron chi connectivity index (χ2n) is 3.52. The van der Waals surface area contributed by atoms with Crippen LogP contribution < -0.4 is 10.1 Å². The van der Waals surface area contributed by atoms with E-state index in [1.54, 1.807) is 38.3 Å². The third-order valence-corrected chi connectivity index (χ3v) is 2.66. The van der Waals surface area contributed by atoms with Gasteiger partial charge in [-0.15, -0.1) is 0 Å². The number of hydrogen-bond acceptors (Lipinski definition) is 3. The first kappa shape index (κ1) is 12.5. The van der Waals surface area contributed by atoms with Crippen LogP contribution in [0.1, 0.15) is 18.9 Å². The van der Waals surface area contributed by atoms with Gasteiger partial charge in [0.25, 0.3) is 5.91 Å². The number of hydrogen-bond donors (Lipinski definition) is 2. The highest BCUT2D eigenvalue weighted by Gasteiger charge is 2.35. The van der Waals surface area contributed by atoms with E-state index < -0.39 is 11.5 Å². The molecule has 0 aliphatic rings. The minimum absolute atomic E-state index is 0.305. The molecule has 1 aromatic rings. The number of ether oxygens (including phenoxy) is 1. The Balaban J connectivity index is 3.16. The Bertz CT molecular complexity index is 378. The number of rotatable bonds is 4. The molecule has 0 heterocycles. The predicted molar refractivity (Wildman–Crippen MR) is 61.2 cm³/mol. The van der Waals surface area contributed by atoms with E-state index in [1.165, 1.54) is 7.05 Å². The van der Waals surface area contributed by atoms with E-state index in [-0.39, 0.29) is 0 Å². The number of aliphatic hydroxyl groups is 1. The summed E-state index contributed by atoms with van der Waals surface area (Å²) in [5.74, 6) is 0.205. The highest BCUT2D eigenvalue weighted by Crippen LogP contribution is 2.27. The van der Waals surface area contributed by atoms with Crippen molar-refractivity contribution in [2.75, 3.05) is 14.2 Å². The van der Waals surface area contributed by atoms with Crippen molar-refractivity contribution in [1.29, 1.82) is 0 Å². The molecule has 16 heavy (non-hydrogen) atoms. The average molecular weight is 223 g/mol. The van der Waals surface area contributed by atoms with Gasteiger partial charge in [-0.2, -0.15) is 0 Å². The van der Waals surface area contributed by atoms with E-state index >= 15 is 0 Å². The van der Waals surface area contributed by atoms with Gasteiger partial charge >= 0.3 is 0 Å². The molecule has 0 aliphatic heterocycles. The molecule has 0 spiro atoms. The molecular formula is C12H17NO3. The van der Waals surface area contributed by atoms with Crippen molar-refractivity contribution in [3.8, 4) is 5.75 Å². The Kier molecular flexibility index (Phi) is 3.90. The maximum Gasteiger partial charge on any atom is 0.256 e. The van der Waals surface area contributed by atoms with Crippen molar-refractivity contribution in [2.24, 2.45) is 0 Å². The highest BCUT2D eigenvalue weighted by atomic mass is 16.5. The molecule has 2 N–H and O–H groups in total. The molecule has 0 saturated heterocycles. The molecule has 1 amide bonds. The number of nitrogens with one attached hydrogen (secondary N) is 1. The summed E-state index contributed by atoms with van der Waals surface area (Å²) in [6.07, 6.45) is 0.305. The minimum Gasteiger partial charge on any atom is -0.497 e. The van der Waals surface area contributed by atoms with Gasteiger partial charge in [0.1, 0.15) is 5.75 Å². The lowest BCUT2D eigenvalue weighted by atomic mass is 9.90. The average Bonchev–Trinajstić information content (AvgIpc) is 2.36. The van der Waals surface area contributed by atoms with Gasteiger partial charge in [0.15, 0.2) is 5.60 Å². The lowest BCUT2D eigenvalue weighted by Crippen LogP contribution is -2.42. The summed E-state index contributed by atoms with van der Waals surface area (Å²) in [6, 6.07) is 6.89. The largest absolute Gasteiger partial charge is 0.497 e. The van der Waals surface area contributed by atoms with Gasteiger partial charge < -0.3 is 15.2 Å². The number of amides is 1. The van der Waals surface area contributed by atoms with Gasteiger partial charge in [-0.05, 0) is 24.1 Å². The first-order valence-corrected chi connectivity index (χ1v) is 5.17. The molecule has 0 unspecified atom stereocenters. The molecule has 0 aliphatic carbocycles. The number of methoxy groups -OCH3 is 1. The van der Waals surface area contributed by atoms with Crippen LogP contribution in [0.4, 0.5) is 0 Å². The fourth-order valence-electron chi connectivity index (χ4n) is 1.58. The summed E-state index contributed by atoms with van der Waals surface area (Å²) in [5, 5.41) is 12.8. The zero-order valence-electron chi connectivity index (χ0n) is 9.78. The zero-order valence-corrected chi connectivity index (χ0v) is 9.78. The van der Waals surface area contributed by atoms with Crippen molar-refractivity contribution in [3.05, 3.63) is 29.8 Å². The summed E-state index contributed by atoms with van der Waals surface area (Å²) in [6.45, 7) is 1.76. The molecule has 4 nitrogen and oxygen atoms in total. The molecule has 0 bridgehead atoms. The van der Waals surface area contributed by atoms with Gasteiger partial charge in [0, 0.05) is 7.05 Å². The van der Waals surface area contributed by atoms with E-state index in [4.69, 9.17) is 4.74 Å². The van der Waals surface area contributed by atoms with Crippen LogP contribution in [-0.2, 0) is 10.4 Å². The molecule has 0 radical (unpaired) electrons. The first-order chi connectivity index (χ1) is 7.58. The standard InChI is InChI=1S/C12H17NO3/c1-4-12(15,11(14)13-2)9-6-5-7-10(8-9)16-3/h5-8,15H,4H2,1-3H3,(H,13,14)/t12-/m1/s1. The van der Waals surface area contributed by atoms with E-state index in [1.807, 2.05) is 0 Å². The van der Waals surface area contributed by atoms with Crippen molar-refractivity contribution < 1.29 is 14.6 Å². The molecule has 4 heteroatoms. The molecular weight excluding hydrogens is 206 g/mol. The predicted octanol–water partition coefficient (Wildman–Crippen LogP) is 1.04. The highest BCUT2D eigenvalue weighted by molar-refractivity contribution is 5.86. The summed E-state index contributed by atoms with van der Waals surface area (Å²) in [5.41, 5.74) is -0.961. The van der Waals surface area contributed by atoms with Crippen molar-refractivity contribution in [3.63, 3.8) is 0 Å². The van der Waals surface area contributed by atoms with Crippen LogP contribution in [0, 0.1) is 0 Å². The van der Waals surface area contributed by atoms with E-state index in [2.05, 4.69) is 5.32 Å². The molecule has 1 atom stereocenters. The number of carbonyl (C=O) groups excluding carboxylic acids is 1. The van der Waals surface area contributed by atoms with Crippen LogP contribution in [0.2, 0.25) is 0 Å². The van der Waals surface area contributed by atoms with Gasteiger partial charge in [0.2, 0.25) is 0 Å². The Morgan fingerprint density at radius 2 is 2.25 bits per heavy atom. The third kappa shape index (κ3) is 2.17. The fraction of sp³-hybridized carbons (Fsp3) is 0.417. The Morgan fingerprint density at radius 3 is 2.75 bits per heavy atom. The van der Waals surface area contributed by atoms with Crippen LogP contribution in [0.5, 0.6) is 5.75 Å². The van der Waals surface area contributed by atoms with Crippen molar-refractivity contribution in [1.82, 2.24) is 5.32 Å². The second kappa shape index (κ2) is 4.99. The number of carbonyl (C=O) groups is 1. The monoisotopic (exact) mass is 223 g/mol. The van der Waals surface area contributed by atoms with Crippen LogP contribution in [-0.4, -0.2) is 25.2 Å². The van der Waals surface area contributed by atoms with Crippen molar-refractivity contribution >= 4 is 5.91 Å². The van der Waals surface area contributed by atoms with Crippen LogP contribution in [0.25, 0.3) is 0 Å². The third-order valence-electron chi connectivity index (χ3n) is 2.66. The summed E-state index contributed by atoms with van der Waals surface area (Å²) in [4.78, 5) is 11.7. The molecule has 88 valence electrons. The molecule has 0 saturated carbocycles. The van der Waals surface area contributed by atoms with Crippen LogP contribution in [0.3, 0.4) is 0 Å². The minimum atomic E-state index is -1.50. The van der Waals surface area contributed by atoms with Gasteiger partial charge in [0.05, 0.1) is 7.11 Å². The Labute approximate surface area is 95.2 Å². The smallest absolute Gasteiger partial charge is 0.256 e. The van der Waals surface area contributed by atoms with Crippen molar-refractivity contribution in [2.45, 2.75) is 18.9 Å². The quantitative estimate of drug-likeness (QED) is 0.801. The van der Waals surface area contributed by atoms with E-state index in [0.29, 0.717) is 17.7 Å². The van der Waals surface area contributed by atoms with Gasteiger partial charge in [-0.1, -0.05) is 19.1 Å². The number of benzene rings is 1. The summed E-state index contributed by atoms with van der Waals surface area (Å²) < 4.78 is 5.07. The van der Waals surface area contributed by atoms with E-state index in [0.717, 1.165) is 0 Å². The van der Waals surface area contributed by atoms with E-state index in [9.17, 15) is 9.90 Å². The normalized spacial score (nSPS) is 14.0. The first-order valence-electron chi connectivity index (χ1n) is 5.17. The molecule has 1 rings (SSSR count). The SMILES string of the molecule is CC[C@](O)(C(=O)NC)c1cccc(OC)c1. The summed E-state index contributed by atoms with van der Waals surface area (Å²) >= 11 is 0. The lowest BCUT2D eigenvalue weighted by Gasteiger charge is -2.25. The molecule has 0 fully saturated rings. The van der Waals surface area contributed by atoms with Gasteiger partial charge in [-0.25, -0.2) is 0 Å². The maximum absolute atomic E-state index is 11.7. The zero-order chi connectivity index (χ0) is 12.2. The van der Waals surface area contributed by atoms with Gasteiger partial charge in [-0.3, -0.25) is 4.79 Å². The van der Waals surface area contributed by atoms with Crippen LogP contribution >= 0.6 is 0 Å². The van der Waals surface area contributed by atoms with Crippen LogP contribution in [0.15, 0.2) is 24.3 Å². The summed E-state index contributed by atoms with van der Waals surface area (Å²) in [7, 11) is 3.05.